The summed E-state index contributed by atoms with van der Waals surface area (Å²) in [6, 6.07) is 13.5. The van der Waals surface area contributed by atoms with Crippen molar-refractivity contribution in [3.05, 3.63) is 58.6 Å². The Kier molecular flexibility index (Phi) is 3.73. The first-order valence-corrected chi connectivity index (χ1v) is 9.01. The lowest BCUT2D eigenvalue weighted by atomic mass is 9.83. The van der Waals surface area contributed by atoms with E-state index in [1.54, 1.807) is 0 Å². The minimum absolute atomic E-state index is 0.0105. The van der Waals surface area contributed by atoms with E-state index in [0.717, 1.165) is 35.1 Å². The fraction of sp³-hybridized carbons (Fsp3) is 0.333. The molecule has 128 valence electrons. The number of benzene rings is 2. The molecule has 1 heterocycles. The molecule has 0 aromatic heterocycles. The van der Waals surface area contributed by atoms with Crippen molar-refractivity contribution in [2.75, 3.05) is 0 Å². The van der Waals surface area contributed by atoms with Crippen molar-refractivity contribution in [1.29, 1.82) is 0 Å². The molecule has 4 heteroatoms. The van der Waals surface area contributed by atoms with Gasteiger partial charge in [-0.2, -0.15) is 0 Å². The molecule has 2 unspecified atom stereocenters. The Morgan fingerprint density at radius 3 is 2.32 bits per heavy atom. The van der Waals surface area contributed by atoms with Crippen LogP contribution in [0, 0.1) is 12.8 Å². The van der Waals surface area contributed by atoms with Gasteiger partial charge >= 0.3 is 0 Å². The van der Waals surface area contributed by atoms with Gasteiger partial charge in [0.2, 0.25) is 5.91 Å². The molecule has 2 aromatic rings. The lowest BCUT2D eigenvalue weighted by molar-refractivity contribution is -0.125. The van der Waals surface area contributed by atoms with E-state index in [2.05, 4.69) is 5.32 Å². The third-order valence-electron chi connectivity index (χ3n) is 5.58. The zero-order valence-electron chi connectivity index (χ0n) is 14.3. The smallest absolute Gasteiger partial charge is 0.235 e. The van der Waals surface area contributed by atoms with Crippen molar-refractivity contribution in [1.82, 2.24) is 5.32 Å². The van der Waals surface area contributed by atoms with Gasteiger partial charge in [0.1, 0.15) is 5.92 Å². The Labute approximate surface area is 152 Å². The van der Waals surface area contributed by atoms with E-state index in [1.165, 1.54) is 0 Å². The van der Waals surface area contributed by atoms with Gasteiger partial charge in [0.25, 0.3) is 0 Å². The number of carbonyl (C=O) groups is 2. The zero-order chi connectivity index (χ0) is 17.8. The molecular formula is C21H20ClNO2. The second kappa shape index (κ2) is 5.70. The Bertz CT molecular complexity index is 870. The zero-order valence-corrected chi connectivity index (χ0v) is 15.1. The first-order chi connectivity index (χ1) is 11.9. The largest absolute Gasteiger partial charge is 0.343 e. The molecule has 3 nitrogen and oxygen atoms in total. The number of carbonyl (C=O) groups excluding carboxylic acids is 2. The summed E-state index contributed by atoms with van der Waals surface area (Å²) in [7, 11) is 0. The van der Waals surface area contributed by atoms with Gasteiger partial charge in [-0.15, -0.1) is 0 Å². The number of hydrogen-bond acceptors (Lipinski definition) is 2. The molecule has 0 bridgehead atoms. The van der Waals surface area contributed by atoms with Crippen molar-refractivity contribution >= 4 is 23.3 Å². The van der Waals surface area contributed by atoms with Crippen molar-refractivity contribution in [3.8, 4) is 11.1 Å². The van der Waals surface area contributed by atoms with Gasteiger partial charge in [0, 0.05) is 5.02 Å². The van der Waals surface area contributed by atoms with Crippen LogP contribution in [0.5, 0.6) is 0 Å². The molecule has 2 aromatic carbocycles. The fourth-order valence-electron chi connectivity index (χ4n) is 3.83. The van der Waals surface area contributed by atoms with E-state index in [0.29, 0.717) is 5.02 Å². The van der Waals surface area contributed by atoms with Crippen LogP contribution in [0.4, 0.5) is 0 Å². The molecule has 1 amide bonds. The molecule has 0 radical (unpaired) electrons. The molecule has 1 N–H and O–H groups in total. The van der Waals surface area contributed by atoms with Crippen LogP contribution in [0.15, 0.2) is 42.5 Å². The number of hydrogen-bond donors (Lipinski definition) is 1. The minimum Gasteiger partial charge on any atom is -0.343 e. The number of nitrogens with one attached hydrogen (secondary N) is 1. The molecule has 1 saturated carbocycles. The van der Waals surface area contributed by atoms with Crippen LogP contribution in [-0.2, 0) is 9.59 Å². The molecule has 2 aliphatic rings. The van der Waals surface area contributed by atoms with E-state index >= 15 is 0 Å². The predicted octanol–water partition coefficient (Wildman–Crippen LogP) is 4.27. The quantitative estimate of drug-likeness (QED) is 0.838. The van der Waals surface area contributed by atoms with Gasteiger partial charge in [0.05, 0.1) is 5.54 Å². The van der Waals surface area contributed by atoms with Gasteiger partial charge < -0.3 is 5.32 Å². The number of aryl methyl sites for hydroxylation is 1. The highest BCUT2D eigenvalue weighted by Crippen LogP contribution is 2.46. The maximum absolute atomic E-state index is 13.1. The molecule has 4 rings (SSSR count). The summed E-state index contributed by atoms with van der Waals surface area (Å²) < 4.78 is 0. The summed E-state index contributed by atoms with van der Waals surface area (Å²) in [5.41, 5.74) is 3.06. The average molecular weight is 354 g/mol. The lowest BCUT2D eigenvalue weighted by Crippen LogP contribution is -2.45. The third-order valence-corrected chi connectivity index (χ3v) is 5.83. The molecule has 2 atom stereocenters. The lowest BCUT2D eigenvalue weighted by Gasteiger charge is -2.22. The monoisotopic (exact) mass is 353 g/mol. The fourth-order valence-corrected chi connectivity index (χ4v) is 3.95. The summed E-state index contributed by atoms with van der Waals surface area (Å²) in [4.78, 5) is 25.7. The number of Topliss-reactive ketones (excluding diaryl/α,β-unsaturated/α-hetero) is 1. The topological polar surface area (TPSA) is 46.2 Å². The van der Waals surface area contributed by atoms with Gasteiger partial charge in [-0.1, -0.05) is 35.9 Å². The standard InChI is InChI=1S/C21H20ClNO2/c1-12-3-4-14(13-5-9-16(22)10-6-13)11-17(12)18-19(24)21(2,15-7-8-15)23-20(18)25/h3-6,9-11,15,18H,7-8H2,1-2H3,(H,23,25). The van der Waals surface area contributed by atoms with E-state index in [4.69, 9.17) is 11.6 Å². The van der Waals surface area contributed by atoms with Crippen LogP contribution in [-0.4, -0.2) is 17.2 Å². The molecular weight excluding hydrogens is 334 g/mol. The molecule has 25 heavy (non-hydrogen) atoms. The summed E-state index contributed by atoms with van der Waals surface area (Å²) in [5.74, 6) is -0.585. The highest BCUT2D eigenvalue weighted by molar-refractivity contribution is 6.30. The molecule has 1 aliphatic heterocycles. The average Bonchev–Trinajstić information content (AvgIpc) is 3.39. The number of rotatable bonds is 3. The Hall–Kier alpha value is -2.13. The van der Waals surface area contributed by atoms with Gasteiger partial charge in [0.15, 0.2) is 5.78 Å². The molecule has 1 saturated heterocycles. The van der Waals surface area contributed by atoms with E-state index < -0.39 is 11.5 Å². The Morgan fingerprint density at radius 1 is 1.04 bits per heavy atom. The summed E-state index contributed by atoms with van der Waals surface area (Å²) in [6.45, 7) is 3.83. The van der Waals surface area contributed by atoms with E-state index in [1.807, 2.05) is 56.3 Å². The summed E-state index contributed by atoms with van der Waals surface area (Å²) in [5, 5.41) is 3.66. The van der Waals surface area contributed by atoms with Gasteiger partial charge in [-0.05, 0) is 73.1 Å². The Morgan fingerprint density at radius 2 is 1.68 bits per heavy atom. The second-order valence-electron chi connectivity index (χ2n) is 7.34. The molecule has 1 aliphatic carbocycles. The van der Waals surface area contributed by atoms with Crippen LogP contribution < -0.4 is 5.32 Å². The first kappa shape index (κ1) is 16.3. The second-order valence-corrected chi connectivity index (χ2v) is 7.78. The third kappa shape index (κ3) is 2.67. The number of ketones is 1. The van der Waals surface area contributed by atoms with Crippen LogP contribution in [0.25, 0.3) is 11.1 Å². The highest BCUT2D eigenvalue weighted by Gasteiger charge is 2.57. The summed E-state index contributed by atoms with van der Waals surface area (Å²) in [6.07, 6.45) is 2.03. The number of halogens is 1. The van der Waals surface area contributed by atoms with Gasteiger partial charge in [-0.25, -0.2) is 0 Å². The van der Waals surface area contributed by atoms with E-state index in [-0.39, 0.29) is 17.6 Å². The number of amides is 1. The highest BCUT2D eigenvalue weighted by atomic mass is 35.5. The van der Waals surface area contributed by atoms with Crippen molar-refractivity contribution in [2.24, 2.45) is 5.92 Å². The normalized spacial score (nSPS) is 26.0. The van der Waals surface area contributed by atoms with Crippen molar-refractivity contribution in [2.45, 2.75) is 38.1 Å². The molecule has 0 spiro atoms. The van der Waals surface area contributed by atoms with Gasteiger partial charge in [-0.3, -0.25) is 9.59 Å². The minimum atomic E-state index is -0.710. The van der Waals surface area contributed by atoms with Crippen LogP contribution in [0.3, 0.4) is 0 Å². The SMILES string of the molecule is Cc1ccc(-c2ccc(Cl)cc2)cc1C1C(=O)NC(C)(C2CC2)C1=O. The maximum Gasteiger partial charge on any atom is 0.235 e. The predicted molar refractivity (Wildman–Crippen MR) is 98.6 cm³/mol. The van der Waals surface area contributed by atoms with Crippen LogP contribution in [0.2, 0.25) is 5.02 Å². The molecule has 2 fully saturated rings. The van der Waals surface area contributed by atoms with Crippen LogP contribution in [0.1, 0.15) is 36.8 Å². The summed E-state index contributed by atoms with van der Waals surface area (Å²) >= 11 is 5.97. The van der Waals surface area contributed by atoms with Crippen molar-refractivity contribution in [3.63, 3.8) is 0 Å². The Balaban J connectivity index is 1.75. The maximum atomic E-state index is 13.1. The van der Waals surface area contributed by atoms with Crippen LogP contribution >= 0.6 is 11.6 Å². The van der Waals surface area contributed by atoms with E-state index in [9.17, 15) is 9.59 Å². The first-order valence-electron chi connectivity index (χ1n) is 8.63. The van der Waals surface area contributed by atoms with Crippen molar-refractivity contribution < 1.29 is 9.59 Å².